The molecule has 154 valence electrons. The molecule has 0 amide bonds. The van der Waals surface area contributed by atoms with Crippen LogP contribution >= 0.6 is 11.3 Å². The van der Waals surface area contributed by atoms with Crippen molar-refractivity contribution >= 4 is 27.5 Å². The van der Waals surface area contributed by atoms with Crippen LogP contribution in [0.1, 0.15) is 64.4 Å². The Balaban J connectivity index is 1.79. The van der Waals surface area contributed by atoms with Crippen LogP contribution in [0.5, 0.6) is 5.19 Å². The van der Waals surface area contributed by atoms with Gasteiger partial charge in [-0.3, -0.25) is 4.79 Å². The van der Waals surface area contributed by atoms with E-state index in [0.717, 1.165) is 42.3 Å². The summed E-state index contributed by atoms with van der Waals surface area (Å²) >= 11 is 1.50. The van der Waals surface area contributed by atoms with E-state index in [1.165, 1.54) is 16.9 Å². The fourth-order valence-electron chi connectivity index (χ4n) is 4.48. The van der Waals surface area contributed by atoms with Crippen molar-refractivity contribution in [3.8, 4) is 5.19 Å². The molecular weight excluding hydrogens is 374 g/mol. The molecule has 0 saturated heterocycles. The minimum Gasteiger partial charge on any atom is -0.481 e. The van der Waals surface area contributed by atoms with Gasteiger partial charge in [0, 0.05) is 6.61 Å². The number of carboxylic acid groups (broad SMARTS) is 1. The fraction of sp³-hybridized carbons (Fsp3) is 0.636. The summed E-state index contributed by atoms with van der Waals surface area (Å²) < 4.78 is 7.24. The van der Waals surface area contributed by atoms with Gasteiger partial charge in [-0.05, 0) is 55.7 Å². The van der Waals surface area contributed by atoms with Gasteiger partial charge < -0.3 is 14.9 Å². The van der Waals surface area contributed by atoms with Gasteiger partial charge in [-0.2, -0.15) is 0 Å². The SMILES string of the molecule is CCC(CCO)Cc1ccc2nc(OC(CC)C3(C(=O)O)CCCC3)sc2c1. The highest BCUT2D eigenvalue weighted by atomic mass is 32.1. The van der Waals surface area contributed by atoms with E-state index in [0.29, 0.717) is 30.4 Å². The molecule has 1 saturated carbocycles. The van der Waals surface area contributed by atoms with Gasteiger partial charge in [-0.1, -0.05) is 50.5 Å². The third kappa shape index (κ3) is 4.33. The lowest BCUT2D eigenvalue weighted by molar-refractivity contribution is -0.155. The van der Waals surface area contributed by atoms with Gasteiger partial charge in [0.1, 0.15) is 11.5 Å². The Labute approximate surface area is 170 Å². The lowest BCUT2D eigenvalue weighted by atomic mass is 9.79. The van der Waals surface area contributed by atoms with E-state index in [2.05, 4.69) is 24.0 Å². The molecule has 1 heterocycles. The number of aromatic nitrogens is 1. The van der Waals surface area contributed by atoms with Crippen molar-refractivity contribution in [2.24, 2.45) is 11.3 Å². The first kappa shape index (κ1) is 21.1. The molecule has 0 radical (unpaired) electrons. The summed E-state index contributed by atoms with van der Waals surface area (Å²) in [6.07, 6.45) is 6.38. The molecule has 2 aromatic rings. The number of carboxylic acids is 1. The van der Waals surface area contributed by atoms with E-state index in [-0.39, 0.29) is 12.7 Å². The summed E-state index contributed by atoms with van der Waals surface area (Å²) in [7, 11) is 0. The number of aliphatic carboxylic acids is 1. The number of hydrogen-bond donors (Lipinski definition) is 2. The predicted octanol–water partition coefficient (Wildman–Crippen LogP) is 5.05. The first-order chi connectivity index (χ1) is 13.5. The van der Waals surface area contributed by atoms with Crippen LogP contribution in [0.3, 0.4) is 0 Å². The molecule has 0 aliphatic heterocycles. The van der Waals surface area contributed by atoms with E-state index < -0.39 is 11.4 Å². The van der Waals surface area contributed by atoms with Gasteiger partial charge >= 0.3 is 5.97 Å². The summed E-state index contributed by atoms with van der Waals surface area (Å²) in [5, 5.41) is 19.6. The van der Waals surface area contributed by atoms with Crippen LogP contribution in [-0.4, -0.2) is 33.9 Å². The molecule has 2 unspecified atom stereocenters. The van der Waals surface area contributed by atoms with Crippen molar-refractivity contribution in [2.45, 2.75) is 71.3 Å². The number of hydrogen-bond acceptors (Lipinski definition) is 5. The van der Waals surface area contributed by atoms with E-state index in [4.69, 9.17) is 4.74 Å². The Bertz CT molecular complexity index is 797. The monoisotopic (exact) mass is 405 g/mol. The number of carbonyl (C=O) groups is 1. The zero-order valence-corrected chi connectivity index (χ0v) is 17.6. The summed E-state index contributed by atoms with van der Waals surface area (Å²) in [6, 6.07) is 6.27. The van der Waals surface area contributed by atoms with Crippen LogP contribution in [-0.2, 0) is 11.2 Å². The summed E-state index contributed by atoms with van der Waals surface area (Å²) in [5.41, 5.74) is 1.36. The summed E-state index contributed by atoms with van der Waals surface area (Å²) in [4.78, 5) is 16.6. The van der Waals surface area contributed by atoms with Gasteiger partial charge in [0.15, 0.2) is 0 Å². The minimum atomic E-state index is -0.781. The normalized spacial score (nSPS) is 18.2. The van der Waals surface area contributed by atoms with Gasteiger partial charge in [-0.15, -0.1) is 0 Å². The molecule has 5 nitrogen and oxygen atoms in total. The Morgan fingerprint density at radius 2 is 2.04 bits per heavy atom. The number of aliphatic hydroxyl groups is 1. The highest BCUT2D eigenvalue weighted by Crippen LogP contribution is 2.44. The largest absolute Gasteiger partial charge is 0.481 e. The van der Waals surface area contributed by atoms with Crippen molar-refractivity contribution in [1.29, 1.82) is 0 Å². The van der Waals surface area contributed by atoms with Crippen molar-refractivity contribution < 1.29 is 19.7 Å². The molecule has 1 aromatic heterocycles. The highest BCUT2D eigenvalue weighted by Gasteiger charge is 2.49. The molecule has 0 bridgehead atoms. The van der Waals surface area contributed by atoms with Gasteiger partial charge in [-0.25, -0.2) is 4.98 Å². The standard InChI is InChI=1S/C22H31NO4S/c1-3-15(9-12-24)13-16-7-8-17-18(14-16)28-21(23-17)27-19(4-2)22(20(25)26)10-5-6-11-22/h7-8,14-15,19,24H,3-6,9-13H2,1-2H3,(H,25,26). The first-order valence-electron chi connectivity index (χ1n) is 10.4. The van der Waals surface area contributed by atoms with E-state index in [1.54, 1.807) is 0 Å². The molecule has 3 rings (SSSR count). The molecule has 0 spiro atoms. The van der Waals surface area contributed by atoms with Crippen LogP contribution in [0.2, 0.25) is 0 Å². The van der Waals surface area contributed by atoms with Crippen molar-refractivity contribution in [3.63, 3.8) is 0 Å². The van der Waals surface area contributed by atoms with Crippen molar-refractivity contribution in [2.75, 3.05) is 6.61 Å². The Kier molecular flexibility index (Phi) is 6.94. The number of nitrogens with zero attached hydrogens (tertiary/aromatic N) is 1. The molecule has 28 heavy (non-hydrogen) atoms. The first-order valence-corrected chi connectivity index (χ1v) is 11.2. The molecule has 2 N–H and O–H groups in total. The topological polar surface area (TPSA) is 79.7 Å². The second-order valence-corrected chi connectivity index (χ2v) is 8.95. The van der Waals surface area contributed by atoms with E-state index in [1.807, 2.05) is 13.0 Å². The summed E-state index contributed by atoms with van der Waals surface area (Å²) in [5.74, 6) is -0.261. The third-order valence-corrected chi connectivity index (χ3v) is 7.13. The summed E-state index contributed by atoms with van der Waals surface area (Å²) in [6.45, 7) is 4.37. The Morgan fingerprint density at radius 3 is 2.64 bits per heavy atom. The van der Waals surface area contributed by atoms with Gasteiger partial charge in [0.25, 0.3) is 5.19 Å². The maximum absolute atomic E-state index is 12.0. The molecular formula is C22H31NO4S. The highest BCUT2D eigenvalue weighted by molar-refractivity contribution is 7.20. The Morgan fingerprint density at radius 1 is 1.29 bits per heavy atom. The Hall–Kier alpha value is -1.66. The zero-order valence-electron chi connectivity index (χ0n) is 16.8. The van der Waals surface area contributed by atoms with E-state index in [9.17, 15) is 15.0 Å². The van der Waals surface area contributed by atoms with Gasteiger partial charge in [0.05, 0.1) is 10.2 Å². The van der Waals surface area contributed by atoms with Crippen LogP contribution in [0, 0.1) is 11.3 Å². The lowest BCUT2D eigenvalue weighted by Gasteiger charge is -2.32. The number of rotatable bonds is 10. The molecule has 1 aliphatic rings. The van der Waals surface area contributed by atoms with Crippen molar-refractivity contribution in [3.05, 3.63) is 23.8 Å². The molecule has 1 aliphatic carbocycles. The average molecular weight is 406 g/mol. The van der Waals surface area contributed by atoms with Crippen LogP contribution < -0.4 is 4.74 Å². The second kappa shape index (κ2) is 9.23. The van der Waals surface area contributed by atoms with Crippen LogP contribution in [0.4, 0.5) is 0 Å². The number of benzene rings is 1. The maximum Gasteiger partial charge on any atom is 0.313 e. The smallest absolute Gasteiger partial charge is 0.313 e. The van der Waals surface area contributed by atoms with Crippen LogP contribution in [0.25, 0.3) is 10.2 Å². The second-order valence-electron chi connectivity index (χ2n) is 7.96. The molecule has 2 atom stereocenters. The average Bonchev–Trinajstić information content (AvgIpc) is 3.32. The number of fused-ring (bicyclic) bond motifs is 1. The third-order valence-electron chi connectivity index (χ3n) is 6.22. The lowest BCUT2D eigenvalue weighted by Crippen LogP contribution is -2.43. The van der Waals surface area contributed by atoms with Gasteiger partial charge in [0.2, 0.25) is 0 Å². The maximum atomic E-state index is 12.0. The molecule has 1 fully saturated rings. The molecule has 1 aromatic carbocycles. The minimum absolute atomic E-state index is 0.225. The predicted molar refractivity (Wildman–Crippen MR) is 112 cm³/mol. The zero-order chi connectivity index (χ0) is 20.1. The van der Waals surface area contributed by atoms with E-state index >= 15 is 0 Å². The number of aliphatic hydroxyl groups excluding tert-OH is 1. The number of ether oxygens (including phenoxy) is 1. The van der Waals surface area contributed by atoms with Crippen molar-refractivity contribution in [1.82, 2.24) is 4.98 Å². The molecule has 6 heteroatoms. The number of thiazole rings is 1. The fourth-order valence-corrected chi connectivity index (χ4v) is 5.40. The quantitative estimate of drug-likeness (QED) is 0.578. The van der Waals surface area contributed by atoms with Crippen LogP contribution in [0.15, 0.2) is 18.2 Å².